The zero-order chi connectivity index (χ0) is 16.4. The number of carboxylic acid groups (broad SMARTS) is 1. The molecule has 22 heavy (non-hydrogen) atoms. The zero-order valence-electron chi connectivity index (χ0n) is 13.0. The van der Waals surface area contributed by atoms with Crippen LogP contribution < -0.4 is 11.2 Å². The van der Waals surface area contributed by atoms with E-state index in [0.717, 1.165) is 4.57 Å². The molecule has 0 fully saturated rings. The van der Waals surface area contributed by atoms with Crippen LogP contribution in [0.25, 0.3) is 11.2 Å². The maximum Gasteiger partial charge on any atom is 0.332 e. The second-order valence-electron chi connectivity index (χ2n) is 5.08. The highest BCUT2D eigenvalue weighted by molar-refractivity contribution is 5.71. The van der Waals surface area contributed by atoms with Gasteiger partial charge in [-0.3, -0.25) is 18.7 Å². The van der Waals surface area contributed by atoms with Gasteiger partial charge in [-0.15, -0.1) is 0 Å². The van der Waals surface area contributed by atoms with Gasteiger partial charge in [-0.25, -0.2) is 9.78 Å². The van der Waals surface area contributed by atoms with Crippen molar-refractivity contribution in [3.63, 3.8) is 0 Å². The highest BCUT2D eigenvalue weighted by Gasteiger charge is 2.18. The molecular weight excluding hydrogens is 288 g/mol. The first-order valence-electron chi connectivity index (χ1n) is 7.33. The minimum Gasteiger partial charge on any atom is -0.481 e. The lowest BCUT2D eigenvalue weighted by molar-refractivity contribution is -0.137. The summed E-state index contributed by atoms with van der Waals surface area (Å²) < 4.78 is 4.31. The van der Waals surface area contributed by atoms with Gasteiger partial charge in [-0.1, -0.05) is 0 Å². The molecule has 0 aliphatic carbocycles. The molecule has 0 amide bonds. The lowest BCUT2D eigenvalue weighted by atomic mass is 10.2. The lowest BCUT2D eigenvalue weighted by Gasteiger charge is -2.07. The summed E-state index contributed by atoms with van der Waals surface area (Å²) in [5.41, 5.74) is 0.0147. The molecule has 0 unspecified atom stereocenters. The van der Waals surface area contributed by atoms with E-state index in [1.54, 1.807) is 4.57 Å². The smallest absolute Gasteiger partial charge is 0.332 e. The predicted octanol–water partition coefficient (Wildman–Crippen LogP) is 0.344. The number of fused-ring (bicyclic) bond motifs is 1. The zero-order valence-corrected chi connectivity index (χ0v) is 13.0. The van der Waals surface area contributed by atoms with Crippen molar-refractivity contribution in [3.8, 4) is 0 Å². The Morgan fingerprint density at radius 1 is 1.18 bits per heavy atom. The minimum absolute atomic E-state index is 0.0471. The van der Waals surface area contributed by atoms with Crippen molar-refractivity contribution in [2.75, 3.05) is 0 Å². The second kappa shape index (κ2) is 6.17. The molecule has 0 spiro atoms. The van der Waals surface area contributed by atoms with Crippen molar-refractivity contribution in [2.45, 2.75) is 46.2 Å². The standard InChI is InChI=1S/C14H20N4O4/c1-4-17-9(7-6-8-10(19)20)15-12-11(17)13(21)16(3)14(22)18(12)5-2/h4-8H2,1-3H3,(H,19,20). The highest BCUT2D eigenvalue weighted by Crippen LogP contribution is 2.14. The maximum absolute atomic E-state index is 12.4. The largest absolute Gasteiger partial charge is 0.481 e. The Morgan fingerprint density at radius 3 is 2.36 bits per heavy atom. The summed E-state index contributed by atoms with van der Waals surface area (Å²) in [5, 5.41) is 8.73. The van der Waals surface area contributed by atoms with Gasteiger partial charge in [0.1, 0.15) is 5.82 Å². The molecule has 0 saturated heterocycles. The van der Waals surface area contributed by atoms with E-state index in [2.05, 4.69) is 4.98 Å². The second-order valence-corrected chi connectivity index (χ2v) is 5.08. The fraction of sp³-hybridized carbons (Fsp3) is 0.571. The summed E-state index contributed by atoms with van der Waals surface area (Å²) in [5.74, 6) is -0.218. The third-order valence-electron chi connectivity index (χ3n) is 3.73. The number of hydrogen-bond donors (Lipinski definition) is 1. The molecule has 2 heterocycles. The molecule has 0 aliphatic heterocycles. The Bertz CT molecular complexity index is 828. The van der Waals surface area contributed by atoms with Crippen LogP contribution in [0.15, 0.2) is 9.59 Å². The number of rotatable bonds is 6. The van der Waals surface area contributed by atoms with E-state index in [-0.39, 0.29) is 12.0 Å². The quantitative estimate of drug-likeness (QED) is 0.830. The summed E-state index contributed by atoms with van der Waals surface area (Å²) in [6.07, 6.45) is 0.941. The molecule has 2 aromatic rings. The number of carbonyl (C=O) groups is 1. The fourth-order valence-electron chi connectivity index (χ4n) is 2.62. The van der Waals surface area contributed by atoms with E-state index < -0.39 is 11.7 Å². The molecule has 0 aromatic carbocycles. The number of imidazole rings is 1. The van der Waals surface area contributed by atoms with Crippen LogP contribution in [0, 0.1) is 0 Å². The van der Waals surface area contributed by atoms with Crippen molar-refractivity contribution >= 4 is 17.1 Å². The van der Waals surface area contributed by atoms with Crippen LogP contribution in [-0.2, 0) is 31.4 Å². The van der Waals surface area contributed by atoms with Crippen LogP contribution >= 0.6 is 0 Å². The van der Waals surface area contributed by atoms with Gasteiger partial charge in [0.2, 0.25) is 0 Å². The van der Waals surface area contributed by atoms with Crippen molar-refractivity contribution < 1.29 is 9.90 Å². The first kappa shape index (κ1) is 16.0. The van der Waals surface area contributed by atoms with Gasteiger partial charge < -0.3 is 9.67 Å². The highest BCUT2D eigenvalue weighted by atomic mass is 16.4. The molecule has 0 bridgehead atoms. The Morgan fingerprint density at radius 2 is 1.82 bits per heavy atom. The van der Waals surface area contributed by atoms with E-state index in [0.29, 0.717) is 42.9 Å². The van der Waals surface area contributed by atoms with Gasteiger partial charge in [-0.2, -0.15) is 0 Å². The van der Waals surface area contributed by atoms with E-state index in [1.165, 1.54) is 11.6 Å². The van der Waals surface area contributed by atoms with Crippen LogP contribution in [0.1, 0.15) is 32.5 Å². The van der Waals surface area contributed by atoms with Crippen LogP contribution in [0.4, 0.5) is 0 Å². The van der Waals surface area contributed by atoms with Gasteiger partial charge in [0, 0.05) is 33.0 Å². The number of nitrogens with zero attached hydrogens (tertiary/aromatic N) is 4. The number of aromatic nitrogens is 4. The van der Waals surface area contributed by atoms with Gasteiger partial charge in [0.25, 0.3) is 5.56 Å². The van der Waals surface area contributed by atoms with Crippen molar-refractivity contribution in [1.29, 1.82) is 0 Å². The van der Waals surface area contributed by atoms with E-state index in [1.807, 2.05) is 13.8 Å². The van der Waals surface area contributed by atoms with Gasteiger partial charge in [0.15, 0.2) is 11.2 Å². The number of carboxylic acids is 1. The topological polar surface area (TPSA) is 99.1 Å². The first-order valence-corrected chi connectivity index (χ1v) is 7.33. The molecule has 2 aromatic heterocycles. The number of aliphatic carboxylic acids is 1. The number of hydrogen-bond acceptors (Lipinski definition) is 4. The molecule has 1 N–H and O–H groups in total. The molecule has 0 atom stereocenters. The maximum atomic E-state index is 12.4. The van der Waals surface area contributed by atoms with Crippen molar-refractivity contribution in [3.05, 3.63) is 26.7 Å². The van der Waals surface area contributed by atoms with E-state index in [9.17, 15) is 14.4 Å². The molecule has 8 heteroatoms. The summed E-state index contributed by atoms with van der Waals surface area (Å²) in [4.78, 5) is 39.6. The Balaban J connectivity index is 2.65. The monoisotopic (exact) mass is 308 g/mol. The van der Waals surface area contributed by atoms with Crippen LogP contribution in [0.5, 0.6) is 0 Å². The molecule has 0 aliphatic rings. The summed E-state index contributed by atoms with van der Waals surface area (Å²) >= 11 is 0. The van der Waals surface area contributed by atoms with Gasteiger partial charge in [0.05, 0.1) is 0 Å². The molecule has 120 valence electrons. The predicted molar refractivity (Wildman–Crippen MR) is 81.2 cm³/mol. The van der Waals surface area contributed by atoms with Crippen LogP contribution in [0.2, 0.25) is 0 Å². The van der Waals surface area contributed by atoms with Gasteiger partial charge >= 0.3 is 11.7 Å². The minimum atomic E-state index is -0.861. The lowest BCUT2D eigenvalue weighted by Crippen LogP contribution is -2.38. The summed E-state index contributed by atoms with van der Waals surface area (Å²) in [6, 6.07) is 0. The Kier molecular flexibility index (Phi) is 4.48. The molecule has 2 rings (SSSR count). The van der Waals surface area contributed by atoms with E-state index in [4.69, 9.17) is 5.11 Å². The van der Waals surface area contributed by atoms with Crippen LogP contribution in [0.3, 0.4) is 0 Å². The third kappa shape index (κ3) is 2.56. The molecule has 0 saturated carbocycles. The Hall–Kier alpha value is -2.38. The molecule has 0 radical (unpaired) electrons. The summed E-state index contributed by atoms with van der Waals surface area (Å²) in [7, 11) is 1.45. The van der Waals surface area contributed by atoms with Crippen molar-refractivity contribution in [2.24, 2.45) is 7.05 Å². The van der Waals surface area contributed by atoms with E-state index >= 15 is 0 Å². The van der Waals surface area contributed by atoms with Crippen LogP contribution in [-0.4, -0.2) is 29.8 Å². The SMILES string of the molecule is CCn1c(CCCC(=O)O)nc2c1c(=O)n(C)c(=O)n2CC. The molecule has 8 nitrogen and oxygen atoms in total. The summed E-state index contributed by atoms with van der Waals surface area (Å²) in [6.45, 7) is 4.66. The Labute approximate surface area is 126 Å². The van der Waals surface area contributed by atoms with Crippen molar-refractivity contribution in [1.82, 2.24) is 18.7 Å². The first-order chi connectivity index (χ1) is 10.4. The third-order valence-corrected chi connectivity index (χ3v) is 3.73. The average molecular weight is 308 g/mol. The number of aryl methyl sites for hydroxylation is 3. The molecular formula is C14H20N4O4. The fourth-order valence-corrected chi connectivity index (χ4v) is 2.62. The average Bonchev–Trinajstić information content (AvgIpc) is 2.83. The normalized spacial score (nSPS) is 11.2. The van der Waals surface area contributed by atoms with Gasteiger partial charge in [-0.05, 0) is 20.3 Å².